The summed E-state index contributed by atoms with van der Waals surface area (Å²) < 4.78 is 12.5. The second kappa shape index (κ2) is 5.24. The molecule has 0 amide bonds. The Morgan fingerprint density at radius 3 is 2.57 bits per heavy atom. The lowest BCUT2D eigenvalue weighted by Gasteiger charge is -1.98. The van der Waals surface area contributed by atoms with Crippen LogP contribution in [0.3, 0.4) is 0 Å². The summed E-state index contributed by atoms with van der Waals surface area (Å²) in [5, 5.41) is 16.5. The van der Waals surface area contributed by atoms with Crippen LogP contribution in [0.5, 0.6) is 0 Å². The van der Waals surface area contributed by atoms with Gasteiger partial charge in [-0.05, 0) is 26.8 Å². The molecule has 3 rings (SSSR count). The molecule has 2 N–H and O–H groups in total. The fourth-order valence-corrected chi connectivity index (χ4v) is 2.58. The van der Waals surface area contributed by atoms with Gasteiger partial charge in [0.1, 0.15) is 17.3 Å². The number of aryl methyl sites for hydroxylation is 3. The third-order valence-corrected chi connectivity index (χ3v) is 3.83. The largest absolute Gasteiger partial charge is 0.466 e. The highest BCUT2D eigenvalue weighted by molar-refractivity contribution is 7.98. The van der Waals surface area contributed by atoms with Crippen LogP contribution in [0.15, 0.2) is 20.1 Å². The van der Waals surface area contributed by atoms with E-state index in [0.717, 1.165) is 17.1 Å². The molecular weight excluding hydrogens is 292 g/mol. The van der Waals surface area contributed by atoms with Gasteiger partial charge in [-0.3, -0.25) is 0 Å². The van der Waals surface area contributed by atoms with Crippen LogP contribution in [-0.2, 0) is 5.75 Å². The zero-order chi connectivity index (χ0) is 15.0. The SMILES string of the molecule is Cc1cc(-c2nnc(CSc3nnc(C)n3N)o2)c(C)o1. The highest BCUT2D eigenvalue weighted by atomic mass is 32.2. The first-order valence-corrected chi connectivity index (χ1v) is 7.23. The highest BCUT2D eigenvalue weighted by Gasteiger charge is 2.15. The molecule has 21 heavy (non-hydrogen) atoms. The van der Waals surface area contributed by atoms with Crippen LogP contribution in [0, 0.1) is 20.8 Å². The maximum atomic E-state index is 5.78. The molecule has 0 bridgehead atoms. The molecule has 3 aromatic rings. The molecular formula is C12H14N6O2S. The molecule has 0 saturated heterocycles. The van der Waals surface area contributed by atoms with Crippen molar-refractivity contribution in [1.29, 1.82) is 0 Å². The predicted octanol–water partition coefficient (Wildman–Crippen LogP) is 1.85. The minimum Gasteiger partial charge on any atom is -0.466 e. The zero-order valence-corrected chi connectivity index (χ0v) is 12.6. The van der Waals surface area contributed by atoms with Crippen molar-refractivity contribution in [2.75, 3.05) is 5.84 Å². The monoisotopic (exact) mass is 306 g/mol. The van der Waals surface area contributed by atoms with Crippen LogP contribution >= 0.6 is 11.8 Å². The van der Waals surface area contributed by atoms with E-state index in [2.05, 4.69) is 20.4 Å². The minimum absolute atomic E-state index is 0.449. The van der Waals surface area contributed by atoms with Gasteiger partial charge in [-0.1, -0.05) is 11.8 Å². The van der Waals surface area contributed by atoms with Crippen molar-refractivity contribution in [3.05, 3.63) is 29.3 Å². The molecule has 3 heterocycles. The standard InChI is InChI=1S/C12H14N6O2S/c1-6-4-9(7(2)19-6)11-16-15-10(20-11)5-21-12-17-14-8(3)18(12)13/h4H,5,13H2,1-3H3. The number of rotatable bonds is 4. The Hall–Kier alpha value is -2.29. The van der Waals surface area contributed by atoms with Gasteiger partial charge in [0.25, 0.3) is 5.89 Å². The lowest BCUT2D eigenvalue weighted by Crippen LogP contribution is -2.11. The summed E-state index contributed by atoms with van der Waals surface area (Å²) in [6, 6.07) is 1.87. The van der Waals surface area contributed by atoms with Crippen molar-refractivity contribution >= 4 is 11.8 Å². The third kappa shape index (κ3) is 2.64. The number of thioether (sulfide) groups is 1. The molecule has 3 aromatic heterocycles. The maximum absolute atomic E-state index is 5.78. The van der Waals surface area contributed by atoms with E-state index in [4.69, 9.17) is 14.7 Å². The van der Waals surface area contributed by atoms with Crippen LogP contribution in [0.2, 0.25) is 0 Å². The molecule has 0 radical (unpaired) electrons. The molecule has 9 heteroatoms. The first-order chi connectivity index (χ1) is 10.0. The molecule has 0 fully saturated rings. The van der Waals surface area contributed by atoms with E-state index in [1.807, 2.05) is 19.9 Å². The lowest BCUT2D eigenvalue weighted by molar-refractivity contribution is 0.499. The summed E-state index contributed by atoms with van der Waals surface area (Å²) in [7, 11) is 0. The highest BCUT2D eigenvalue weighted by Crippen LogP contribution is 2.27. The second-order valence-corrected chi connectivity index (χ2v) is 5.46. The van der Waals surface area contributed by atoms with Crippen LogP contribution < -0.4 is 5.84 Å². The van der Waals surface area contributed by atoms with Gasteiger partial charge in [-0.15, -0.1) is 20.4 Å². The average molecular weight is 306 g/mol. The number of aromatic nitrogens is 5. The van der Waals surface area contributed by atoms with Gasteiger partial charge in [-0.2, -0.15) is 0 Å². The van der Waals surface area contributed by atoms with E-state index in [-0.39, 0.29) is 0 Å². The quantitative estimate of drug-likeness (QED) is 0.574. The van der Waals surface area contributed by atoms with Crippen molar-refractivity contribution in [2.45, 2.75) is 31.7 Å². The number of hydrogen-bond acceptors (Lipinski definition) is 8. The average Bonchev–Trinajstić information content (AvgIpc) is 3.11. The molecule has 0 atom stereocenters. The number of hydrogen-bond donors (Lipinski definition) is 1. The lowest BCUT2D eigenvalue weighted by atomic mass is 10.2. The van der Waals surface area contributed by atoms with Crippen molar-refractivity contribution in [1.82, 2.24) is 25.1 Å². The van der Waals surface area contributed by atoms with E-state index in [1.54, 1.807) is 6.92 Å². The van der Waals surface area contributed by atoms with Gasteiger partial charge in [0.05, 0.1) is 11.3 Å². The van der Waals surface area contributed by atoms with Gasteiger partial charge in [-0.25, -0.2) is 4.68 Å². The van der Waals surface area contributed by atoms with E-state index in [0.29, 0.717) is 28.5 Å². The van der Waals surface area contributed by atoms with Gasteiger partial charge in [0.15, 0.2) is 0 Å². The summed E-state index contributed by atoms with van der Waals surface area (Å²) >= 11 is 1.38. The van der Waals surface area contributed by atoms with Crippen LogP contribution in [0.4, 0.5) is 0 Å². The van der Waals surface area contributed by atoms with E-state index in [1.165, 1.54) is 16.4 Å². The fraction of sp³-hybridized carbons (Fsp3) is 0.333. The molecule has 0 aliphatic carbocycles. The van der Waals surface area contributed by atoms with Crippen molar-refractivity contribution in [3.8, 4) is 11.5 Å². The minimum atomic E-state index is 0.449. The number of nitrogens with two attached hydrogens (primary N) is 1. The molecule has 110 valence electrons. The van der Waals surface area contributed by atoms with Crippen molar-refractivity contribution in [2.24, 2.45) is 0 Å². The molecule has 0 saturated carbocycles. The molecule has 0 aliphatic rings. The van der Waals surface area contributed by atoms with Crippen LogP contribution in [-0.4, -0.2) is 25.1 Å². The second-order valence-electron chi connectivity index (χ2n) is 4.52. The maximum Gasteiger partial charge on any atom is 0.251 e. The summed E-state index contributed by atoms with van der Waals surface area (Å²) in [5.74, 6) is 9.40. The Labute approximate surface area is 124 Å². The Morgan fingerprint density at radius 2 is 1.95 bits per heavy atom. The molecule has 0 unspecified atom stereocenters. The number of furan rings is 1. The Morgan fingerprint density at radius 1 is 1.14 bits per heavy atom. The van der Waals surface area contributed by atoms with Crippen molar-refractivity contribution < 1.29 is 8.83 Å². The Balaban J connectivity index is 1.74. The van der Waals surface area contributed by atoms with Gasteiger partial charge >= 0.3 is 0 Å². The van der Waals surface area contributed by atoms with Gasteiger partial charge < -0.3 is 14.7 Å². The van der Waals surface area contributed by atoms with Gasteiger partial charge in [0.2, 0.25) is 11.0 Å². The van der Waals surface area contributed by atoms with Crippen LogP contribution in [0.1, 0.15) is 23.2 Å². The smallest absolute Gasteiger partial charge is 0.251 e. The van der Waals surface area contributed by atoms with Crippen molar-refractivity contribution in [3.63, 3.8) is 0 Å². The Bertz CT molecular complexity index is 775. The number of nitrogens with zero attached hydrogens (tertiary/aromatic N) is 5. The zero-order valence-electron chi connectivity index (χ0n) is 11.8. The van der Waals surface area contributed by atoms with E-state index < -0.39 is 0 Å². The van der Waals surface area contributed by atoms with E-state index in [9.17, 15) is 0 Å². The summed E-state index contributed by atoms with van der Waals surface area (Å²) in [4.78, 5) is 0. The van der Waals surface area contributed by atoms with Gasteiger partial charge in [0, 0.05) is 0 Å². The normalized spacial score (nSPS) is 11.2. The van der Waals surface area contributed by atoms with E-state index >= 15 is 0 Å². The first kappa shape index (κ1) is 13.7. The summed E-state index contributed by atoms with van der Waals surface area (Å²) in [6.07, 6.45) is 0. The molecule has 0 spiro atoms. The topological polar surface area (TPSA) is 109 Å². The summed E-state index contributed by atoms with van der Waals surface area (Å²) in [6.45, 7) is 5.52. The summed E-state index contributed by atoms with van der Waals surface area (Å²) in [5.41, 5.74) is 0.814. The number of nitrogen functional groups attached to an aromatic ring is 1. The molecule has 0 aliphatic heterocycles. The molecule has 0 aromatic carbocycles. The fourth-order valence-electron chi connectivity index (χ4n) is 1.84. The molecule has 8 nitrogen and oxygen atoms in total. The Kier molecular flexibility index (Phi) is 3.42. The van der Waals surface area contributed by atoms with Crippen LogP contribution in [0.25, 0.3) is 11.5 Å². The first-order valence-electron chi connectivity index (χ1n) is 6.24. The predicted molar refractivity (Wildman–Crippen MR) is 75.9 cm³/mol. The third-order valence-electron chi connectivity index (χ3n) is 2.90.